The molecule has 1 rings (SSSR count). The third kappa shape index (κ3) is 8.90. The van der Waals surface area contributed by atoms with E-state index in [1.807, 2.05) is 0 Å². The molecule has 0 saturated heterocycles. The van der Waals surface area contributed by atoms with Gasteiger partial charge in [0, 0.05) is 0 Å². The van der Waals surface area contributed by atoms with Crippen molar-refractivity contribution in [1.82, 2.24) is 15.3 Å². The molecule has 0 saturated carbocycles. The molecule has 166 valence electrons. The van der Waals surface area contributed by atoms with E-state index in [9.17, 15) is 14.4 Å². The third-order valence-corrected chi connectivity index (χ3v) is 3.01. The van der Waals surface area contributed by atoms with Crippen molar-refractivity contribution in [3.63, 3.8) is 0 Å². The summed E-state index contributed by atoms with van der Waals surface area (Å²) in [4.78, 5) is 42.8. The zero-order valence-electron chi connectivity index (χ0n) is 17.5. The molecule has 1 heterocycles. The summed E-state index contributed by atoms with van der Waals surface area (Å²) in [5.74, 6) is -2.19. The maximum atomic E-state index is 12.1. The summed E-state index contributed by atoms with van der Waals surface area (Å²) in [6, 6.07) is 0. The van der Waals surface area contributed by atoms with Gasteiger partial charge in [0.2, 0.25) is 0 Å². The Hall–Kier alpha value is -3.15. The number of anilines is 2. The Morgan fingerprint density at radius 3 is 2.03 bits per heavy atom. The van der Waals surface area contributed by atoms with E-state index >= 15 is 0 Å². The number of carboxylic acids is 1. The van der Waals surface area contributed by atoms with E-state index in [2.05, 4.69) is 25.9 Å². The number of nitrogens with zero attached hydrogens (tertiary/aromatic N) is 2. The van der Waals surface area contributed by atoms with Crippen LogP contribution in [-0.4, -0.2) is 56.8 Å². The number of carbonyl (C=O) groups excluding carboxylic acids is 2. The van der Waals surface area contributed by atoms with Gasteiger partial charge in [-0.2, -0.15) is 0 Å². The molecule has 13 heteroatoms. The monoisotopic (exact) mass is 444 g/mol. The van der Waals surface area contributed by atoms with E-state index in [1.165, 1.54) is 0 Å². The van der Waals surface area contributed by atoms with Gasteiger partial charge >= 0.3 is 18.2 Å². The quantitative estimate of drug-likeness (QED) is 0.337. The van der Waals surface area contributed by atoms with Crippen LogP contribution in [0.3, 0.4) is 0 Å². The van der Waals surface area contributed by atoms with Gasteiger partial charge in [-0.15, -0.1) is 0 Å². The fourth-order valence-corrected chi connectivity index (χ4v) is 2.01. The second-order valence-corrected chi connectivity index (χ2v) is 8.29. The number of nitrogens with one attached hydrogen (secondary N) is 4. The number of hydrogen-bond donors (Lipinski definition) is 5. The van der Waals surface area contributed by atoms with Crippen LogP contribution in [0.25, 0.3) is 0 Å². The van der Waals surface area contributed by atoms with E-state index in [4.69, 9.17) is 31.6 Å². The van der Waals surface area contributed by atoms with Gasteiger partial charge in [-0.3, -0.25) is 20.8 Å². The summed E-state index contributed by atoms with van der Waals surface area (Å²) in [7, 11) is 0. The van der Waals surface area contributed by atoms with Crippen LogP contribution in [0.5, 0.6) is 0 Å². The first-order valence-electron chi connectivity index (χ1n) is 8.69. The van der Waals surface area contributed by atoms with Crippen molar-refractivity contribution in [2.24, 2.45) is 0 Å². The van der Waals surface area contributed by atoms with Crippen LogP contribution in [0.4, 0.5) is 21.2 Å². The number of aromatic nitrogens is 2. The van der Waals surface area contributed by atoms with Crippen LogP contribution in [0.15, 0.2) is 0 Å². The molecule has 0 bridgehead atoms. The van der Waals surface area contributed by atoms with Crippen molar-refractivity contribution in [3.8, 4) is 0 Å². The Morgan fingerprint density at radius 2 is 1.53 bits per heavy atom. The van der Waals surface area contributed by atoms with Crippen LogP contribution >= 0.6 is 11.6 Å². The molecule has 0 fully saturated rings. The molecule has 12 nitrogen and oxygen atoms in total. The summed E-state index contributed by atoms with van der Waals surface area (Å²) >= 11 is 6.00. The summed E-state index contributed by atoms with van der Waals surface area (Å²) in [6.45, 7) is 9.35. The lowest BCUT2D eigenvalue weighted by atomic mass is 10.2. The highest BCUT2D eigenvalue weighted by atomic mass is 35.5. The SMILES string of the molecule is CC(C)(C)OC(=O)NC(=N)c1nc(Cl)c(NCC(=O)O)nc1NC(=O)OC(C)(C)C. The summed E-state index contributed by atoms with van der Waals surface area (Å²) < 4.78 is 10.2. The number of alkyl carbamates (subject to hydrolysis) is 1. The Kier molecular flexibility index (Phi) is 7.94. The normalized spacial score (nSPS) is 11.3. The van der Waals surface area contributed by atoms with Crippen molar-refractivity contribution < 1.29 is 29.0 Å². The van der Waals surface area contributed by atoms with E-state index in [0.717, 1.165) is 0 Å². The average Bonchev–Trinajstić information content (AvgIpc) is 2.50. The van der Waals surface area contributed by atoms with Crippen molar-refractivity contribution >= 4 is 47.2 Å². The second-order valence-electron chi connectivity index (χ2n) is 7.94. The zero-order valence-corrected chi connectivity index (χ0v) is 18.2. The van der Waals surface area contributed by atoms with Crippen LogP contribution in [0.1, 0.15) is 47.2 Å². The van der Waals surface area contributed by atoms with Gasteiger partial charge in [0.05, 0.1) is 0 Å². The Balaban J connectivity index is 3.22. The largest absolute Gasteiger partial charge is 0.480 e. The first-order chi connectivity index (χ1) is 13.6. The number of hydrogen-bond acceptors (Lipinski definition) is 9. The first kappa shape index (κ1) is 24.9. The van der Waals surface area contributed by atoms with E-state index in [-0.39, 0.29) is 22.5 Å². The second kappa shape index (κ2) is 9.57. The number of rotatable bonds is 5. The molecule has 0 aliphatic rings. The molecule has 0 atom stereocenters. The number of amidine groups is 1. The molecule has 0 spiro atoms. The number of carbonyl (C=O) groups is 3. The average molecular weight is 445 g/mol. The van der Waals surface area contributed by atoms with Crippen LogP contribution in [-0.2, 0) is 14.3 Å². The predicted molar refractivity (Wildman–Crippen MR) is 109 cm³/mol. The lowest BCUT2D eigenvalue weighted by molar-refractivity contribution is -0.134. The van der Waals surface area contributed by atoms with Crippen molar-refractivity contribution in [2.45, 2.75) is 52.7 Å². The summed E-state index contributed by atoms with van der Waals surface area (Å²) in [6.07, 6.45) is -1.84. The fraction of sp³-hybridized carbons (Fsp3) is 0.529. The zero-order chi connectivity index (χ0) is 23.3. The number of amides is 2. The molecule has 0 unspecified atom stereocenters. The minimum absolute atomic E-state index is 0.154. The fourth-order valence-electron chi connectivity index (χ4n) is 1.81. The molecule has 2 amide bonds. The predicted octanol–water partition coefficient (Wildman–Crippen LogP) is 2.82. The molecule has 1 aromatic rings. The minimum Gasteiger partial charge on any atom is -0.480 e. The molecule has 0 aromatic carbocycles. The van der Waals surface area contributed by atoms with E-state index < -0.39 is 41.7 Å². The van der Waals surface area contributed by atoms with Gasteiger partial charge in [0.15, 0.2) is 22.6 Å². The topological polar surface area (TPSA) is 176 Å². The lowest BCUT2D eigenvalue weighted by Crippen LogP contribution is -2.37. The standard InChI is InChI=1S/C17H25ClN6O6/c1-16(2,3)29-14(27)22-11(19)9-12(24-15(28)30-17(4,5)6)23-13(10(18)21-9)20-7-8(25)26/h7H2,1-6H3,(H,25,26)(H2,19,22,27)(H2,20,23,24,28). The molecular weight excluding hydrogens is 420 g/mol. The third-order valence-electron chi connectivity index (χ3n) is 2.74. The van der Waals surface area contributed by atoms with Crippen molar-refractivity contribution in [1.29, 1.82) is 5.41 Å². The highest BCUT2D eigenvalue weighted by molar-refractivity contribution is 6.32. The lowest BCUT2D eigenvalue weighted by Gasteiger charge is -2.21. The minimum atomic E-state index is -1.18. The van der Waals surface area contributed by atoms with Crippen LogP contribution < -0.4 is 16.0 Å². The highest BCUT2D eigenvalue weighted by Gasteiger charge is 2.24. The summed E-state index contributed by atoms with van der Waals surface area (Å²) in [5.41, 5.74) is -1.93. The van der Waals surface area contributed by atoms with Gasteiger partial charge in [0.25, 0.3) is 0 Å². The van der Waals surface area contributed by atoms with Crippen molar-refractivity contribution in [3.05, 3.63) is 10.8 Å². The molecule has 30 heavy (non-hydrogen) atoms. The van der Waals surface area contributed by atoms with E-state index in [1.54, 1.807) is 41.5 Å². The number of halogens is 1. The number of ether oxygens (including phenoxy) is 2. The maximum Gasteiger partial charge on any atom is 0.413 e. The molecular formula is C17H25ClN6O6. The number of aliphatic carboxylic acids is 1. The Labute approximate surface area is 178 Å². The van der Waals surface area contributed by atoms with Gasteiger partial charge in [0.1, 0.15) is 23.4 Å². The molecule has 1 aromatic heterocycles. The van der Waals surface area contributed by atoms with E-state index in [0.29, 0.717) is 0 Å². The molecule has 0 aliphatic heterocycles. The van der Waals surface area contributed by atoms with Gasteiger partial charge < -0.3 is 19.9 Å². The molecule has 5 N–H and O–H groups in total. The molecule has 0 aliphatic carbocycles. The Bertz CT molecular complexity index is 846. The number of carboxylic acid groups (broad SMARTS) is 1. The highest BCUT2D eigenvalue weighted by Crippen LogP contribution is 2.23. The Morgan fingerprint density at radius 1 is 1.00 bits per heavy atom. The first-order valence-corrected chi connectivity index (χ1v) is 9.07. The maximum absolute atomic E-state index is 12.1. The van der Waals surface area contributed by atoms with Gasteiger partial charge in [-0.05, 0) is 41.5 Å². The van der Waals surface area contributed by atoms with Crippen LogP contribution in [0, 0.1) is 5.41 Å². The molecule has 0 radical (unpaired) electrons. The van der Waals surface area contributed by atoms with Gasteiger partial charge in [-0.1, -0.05) is 11.6 Å². The van der Waals surface area contributed by atoms with Crippen molar-refractivity contribution in [2.75, 3.05) is 17.2 Å². The smallest absolute Gasteiger partial charge is 0.413 e. The van der Waals surface area contributed by atoms with Crippen LogP contribution in [0.2, 0.25) is 5.15 Å². The van der Waals surface area contributed by atoms with Gasteiger partial charge in [-0.25, -0.2) is 19.6 Å². The summed E-state index contributed by atoms with van der Waals surface area (Å²) in [5, 5.41) is 23.5.